The standard InChI is InChI=1S/C10H15NO3/c11-6-10(2-4-14-7-10)9(12)8-1-3-13-5-8/h1,3,5,9,12H,2,4,6-7,11H2. The summed E-state index contributed by atoms with van der Waals surface area (Å²) in [4.78, 5) is 0. The Kier molecular flexibility index (Phi) is 2.58. The molecule has 0 radical (unpaired) electrons. The molecule has 0 spiro atoms. The van der Waals surface area contributed by atoms with Gasteiger partial charge < -0.3 is 20.0 Å². The van der Waals surface area contributed by atoms with Crippen molar-refractivity contribution in [3.8, 4) is 0 Å². The first kappa shape index (κ1) is 9.71. The number of hydrogen-bond acceptors (Lipinski definition) is 4. The van der Waals surface area contributed by atoms with Crippen molar-refractivity contribution in [2.24, 2.45) is 11.1 Å². The van der Waals surface area contributed by atoms with Gasteiger partial charge in [-0.25, -0.2) is 0 Å². The second-order valence-corrected chi connectivity index (χ2v) is 3.83. The van der Waals surface area contributed by atoms with E-state index in [4.69, 9.17) is 14.9 Å². The van der Waals surface area contributed by atoms with E-state index in [0.29, 0.717) is 19.8 Å². The van der Waals surface area contributed by atoms with Gasteiger partial charge in [0.2, 0.25) is 0 Å². The number of furan rings is 1. The number of rotatable bonds is 3. The maximum Gasteiger partial charge on any atom is 0.0960 e. The molecule has 1 aromatic heterocycles. The van der Waals surface area contributed by atoms with Crippen LogP contribution in [-0.4, -0.2) is 24.9 Å². The van der Waals surface area contributed by atoms with Crippen molar-refractivity contribution in [1.29, 1.82) is 0 Å². The van der Waals surface area contributed by atoms with E-state index in [0.717, 1.165) is 12.0 Å². The van der Waals surface area contributed by atoms with Crippen LogP contribution in [0.3, 0.4) is 0 Å². The van der Waals surface area contributed by atoms with Crippen LogP contribution < -0.4 is 5.73 Å². The summed E-state index contributed by atoms with van der Waals surface area (Å²) in [5.74, 6) is 0. The summed E-state index contributed by atoms with van der Waals surface area (Å²) in [6.07, 6.45) is 3.32. The Balaban J connectivity index is 2.19. The molecule has 0 bridgehead atoms. The first-order valence-corrected chi connectivity index (χ1v) is 4.76. The molecule has 1 aromatic rings. The van der Waals surface area contributed by atoms with Crippen LogP contribution in [0, 0.1) is 5.41 Å². The Morgan fingerprint density at radius 2 is 2.50 bits per heavy atom. The van der Waals surface area contributed by atoms with Gasteiger partial charge in [-0.3, -0.25) is 0 Å². The van der Waals surface area contributed by atoms with Gasteiger partial charge in [-0.2, -0.15) is 0 Å². The van der Waals surface area contributed by atoms with Gasteiger partial charge in [-0.1, -0.05) is 0 Å². The molecule has 0 aliphatic carbocycles. The predicted molar refractivity (Wildman–Crippen MR) is 50.6 cm³/mol. The zero-order chi connectivity index (χ0) is 10.0. The van der Waals surface area contributed by atoms with Crippen LogP contribution in [0.15, 0.2) is 23.0 Å². The Morgan fingerprint density at radius 1 is 1.64 bits per heavy atom. The highest BCUT2D eigenvalue weighted by Crippen LogP contribution is 2.40. The molecule has 2 atom stereocenters. The quantitative estimate of drug-likeness (QED) is 0.747. The van der Waals surface area contributed by atoms with Crippen molar-refractivity contribution in [2.45, 2.75) is 12.5 Å². The lowest BCUT2D eigenvalue weighted by atomic mass is 9.79. The molecular weight excluding hydrogens is 182 g/mol. The topological polar surface area (TPSA) is 68.6 Å². The predicted octanol–water partition coefficient (Wildman–Crippen LogP) is 0.678. The minimum atomic E-state index is -0.589. The van der Waals surface area contributed by atoms with E-state index in [1.807, 2.05) is 0 Å². The molecule has 78 valence electrons. The number of ether oxygens (including phenoxy) is 1. The lowest BCUT2D eigenvalue weighted by Gasteiger charge is -2.30. The lowest BCUT2D eigenvalue weighted by Crippen LogP contribution is -2.37. The van der Waals surface area contributed by atoms with Crippen molar-refractivity contribution < 1.29 is 14.3 Å². The van der Waals surface area contributed by atoms with Gasteiger partial charge in [0.15, 0.2) is 0 Å². The van der Waals surface area contributed by atoms with E-state index in [9.17, 15) is 5.11 Å². The van der Waals surface area contributed by atoms with Gasteiger partial charge in [0.25, 0.3) is 0 Å². The Morgan fingerprint density at radius 3 is 3.00 bits per heavy atom. The summed E-state index contributed by atoms with van der Waals surface area (Å²) < 4.78 is 10.2. The molecule has 1 saturated heterocycles. The van der Waals surface area contributed by atoms with Gasteiger partial charge >= 0.3 is 0 Å². The van der Waals surface area contributed by atoms with Gasteiger partial charge in [-0.05, 0) is 12.5 Å². The monoisotopic (exact) mass is 197 g/mol. The maximum atomic E-state index is 10.1. The van der Waals surface area contributed by atoms with Gasteiger partial charge in [-0.15, -0.1) is 0 Å². The molecular formula is C10H15NO3. The third-order valence-electron chi connectivity index (χ3n) is 2.98. The van der Waals surface area contributed by atoms with Crippen LogP contribution in [-0.2, 0) is 4.74 Å². The third-order valence-corrected chi connectivity index (χ3v) is 2.98. The summed E-state index contributed by atoms with van der Waals surface area (Å²) >= 11 is 0. The van der Waals surface area contributed by atoms with Gasteiger partial charge in [0.05, 0.1) is 25.2 Å². The minimum absolute atomic E-state index is 0.329. The van der Waals surface area contributed by atoms with E-state index in [2.05, 4.69) is 0 Å². The van der Waals surface area contributed by atoms with Gasteiger partial charge in [0, 0.05) is 24.1 Å². The fraction of sp³-hybridized carbons (Fsp3) is 0.600. The first-order valence-electron chi connectivity index (χ1n) is 4.76. The fourth-order valence-electron chi connectivity index (χ4n) is 1.90. The van der Waals surface area contributed by atoms with E-state index in [1.54, 1.807) is 18.6 Å². The van der Waals surface area contributed by atoms with Crippen LogP contribution in [0.4, 0.5) is 0 Å². The van der Waals surface area contributed by atoms with E-state index in [1.165, 1.54) is 0 Å². The van der Waals surface area contributed by atoms with Crippen LogP contribution in [0.1, 0.15) is 18.1 Å². The largest absolute Gasteiger partial charge is 0.472 e. The molecule has 2 heterocycles. The van der Waals surface area contributed by atoms with Gasteiger partial charge in [0.1, 0.15) is 0 Å². The highest BCUT2D eigenvalue weighted by atomic mass is 16.5. The van der Waals surface area contributed by atoms with E-state index >= 15 is 0 Å². The Hall–Kier alpha value is -0.840. The number of hydrogen-bond donors (Lipinski definition) is 2. The smallest absolute Gasteiger partial charge is 0.0960 e. The number of nitrogens with two attached hydrogens (primary N) is 1. The Labute approximate surface area is 82.7 Å². The molecule has 1 aliphatic heterocycles. The lowest BCUT2D eigenvalue weighted by molar-refractivity contribution is 0.0187. The molecule has 14 heavy (non-hydrogen) atoms. The summed E-state index contributed by atoms with van der Waals surface area (Å²) in [5, 5.41) is 10.1. The molecule has 3 N–H and O–H groups in total. The normalized spacial score (nSPS) is 29.3. The summed E-state index contributed by atoms with van der Waals surface area (Å²) in [7, 11) is 0. The average Bonchev–Trinajstić information content (AvgIpc) is 2.89. The van der Waals surface area contributed by atoms with Crippen LogP contribution in [0.25, 0.3) is 0 Å². The first-order chi connectivity index (χ1) is 6.78. The van der Waals surface area contributed by atoms with Crippen molar-refractivity contribution in [3.63, 3.8) is 0 Å². The average molecular weight is 197 g/mol. The molecule has 0 aromatic carbocycles. The molecule has 1 aliphatic rings. The minimum Gasteiger partial charge on any atom is -0.472 e. The van der Waals surface area contributed by atoms with Crippen molar-refractivity contribution >= 4 is 0 Å². The van der Waals surface area contributed by atoms with Crippen LogP contribution in [0.2, 0.25) is 0 Å². The molecule has 2 rings (SSSR count). The SMILES string of the molecule is NCC1(C(O)c2ccoc2)CCOC1. The summed E-state index contributed by atoms with van der Waals surface area (Å²) in [6, 6.07) is 1.76. The van der Waals surface area contributed by atoms with E-state index in [-0.39, 0.29) is 5.41 Å². The highest BCUT2D eigenvalue weighted by molar-refractivity contribution is 5.14. The second kappa shape index (κ2) is 3.73. The van der Waals surface area contributed by atoms with Crippen molar-refractivity contribution in [2.75, 3.05) is 19.8 Å². The molecule has 1 fully saturated rings. The summed E-state index contributed by atoms with van der Waals surface area (Å²) in [6.45, 7) is 1.63. The maximum absolute atomic E-state index is 10.1. The second-order valence-electron chi connectivity index (χ2n) is 3.83. The molecule has 0 amide bonds. The molecule has 0 saturated carbocycles. The van der Waals surface area contributed by atoms with Crippen LogP contribution >= 0.6 is 0 Å². The van der Waals surface area contributed by atoms with Crippen LogP contribution in [0.5, 0.6) is 0 Å². The fourth-order valence-corrected chi connectivity index (χ4v) is 1.90. The zero-order valence-electron chi connectivity index (χ0n) is 7.98. The molecule has 2 unspecified atom stereocenters. The number of aliphatic hydroxyl groups is 1. The third kappa shape index (κ3) is 1.45. The van der Waals surface area contributed by atoms with E-state index < -0.39 is 6.10 Å². The zero-order valence-corrected chi connectivity index (χ0v) is 7.98. The number of aliphatic hydroxyl groups excluding tert-OH is 1. The summed E-state index contributed by atoms with van der Waals surface area (Å²) in [5.41, 5.74) is 6.15. The molecule has 4 nitrogen and oxygen atoms in total. The van der Waals surface area contributed by atoms with Crippen molar-refractivity contribution in [3.05, 3.63) is 24.2 Å². The van der Waals surface area contributed by atoms with Crippen molar-refractivity contribution in [1.82, 2.24) is 0 Å². The Bertz CT molecular complexity index is 278. The molecule has 4 heteroatoms. The highest BCUT2D eigenvalue weighted by Gasteiger charge is 2.41.